The van der Waals surface area contributed by atoms with Crippen LogP contribution in [-0.2, 0) is 0 Å². The summed E-state index contributed by atoms with van der Waals surface area (Å²) in [4.78, 5) is 12.0. The Labute approximate surface area is 108 Å². The highest BCUT2D eigenvalue weighted by molar-refractivity contribution is 5.97. The van der Waals surface area contributed by atoms with Gasteiger partial charge in [0.05, 0.1) is 0 Å². The number of rotatable bonds is 3. The topological polar surface area (TPSA) is 41.5 Å². The zero-order valence-electron chi connectivity index (χ0n) is 11.1. The molecule has 1 aliphatic carbocycles. The SMILES string of the molecule is CC[C@@H]1CCC/C1=N/NC(=O)c1ccccc1C. The van der Waals surface area contributed by atoms with Gasteiger partial charge in [-0.05, 0) is 50.2 Å². The smallest absolute Gasteiger partial charge is 0.267 e. The van der Waals surface area contributed by atoms with Crippen molar-refractivity contribution < 1.29 is 4.79 Å². The fourth-order valence-corrected chi connectivity index (χ4v) is 2.50. The standard InChI is InChI=1S/C15H20N2O/c1-3-12-8-6-10-14(12)16-17-15(18)13-9-5-4-7-11(13)2/h4-5,7,9,12H,3,6,8,10H2,1-2H3,(H,17,18)/b16-14-/t12-/m1/s1. The maximum absolute atomic E-state index is 12.0. The van der Waals surface area contributed by atoms with Gasteiger partial charge in [0, 0.05) is 11.3 Å². The number of benzene rings is 1. The molecule has 1 aromatic rings. The van der Waals surface area contributed by atoms with Gasteiger partial charge in [-0.3, -0.25) is 4.79 Å². The molecule has 1 amide bonds. The second-order valence-electron chi connectivity index (χ2n) is 4.86. The molecule has 2 rings (SSSR count). The second-order valence-corrected chi connectivity index (χ2v) is 4.86. The van der Waals surface area contributed by atoms with Crippen molar-refractivity contribution in [2.45, 2.75) is 39.5 Å². The Balaban J connectivity index is 2.04. The van der Waals surface area contributed by atoms with Gasteiger partial charge in [0.15, 0.2) is 0 Å². The molecule has 0 saturated heterocycles. The van der Waals surface area contributed by atoms with Crippen molar-refractivity contribution in [3.63, 3.8) is 0 Å². The summed E-state index contributed by atoms with van der Waals surface area (Å²) in [6.45, 7) is 4.11. The van der Waals surface area contributed by atoms with Crippen molar-refractivity contribution in [1.82, 2.24) is 5.43 Å². The Morgan fingerprint density at radius 1 is 1.44 bits per heavy atom. The first kappa shape index (κ1) is 12.8. The largest absolute Gasteiger partial charge is 0.271 e. The van der Waals surface area contributed by atoms with Crippen LogP contribution in [0.3, 0.4) is 0 Å². The number of carbonyl (C=O) groups excluding carboxylic acids is 1. The van der Waals surface area contributed by atoms with E-state index in [2.05, 4.69) is 17.5 Å². The molecule has 0 aliphatic heterocycles. The van der Waals surface area contributed by atoms with Crippen LogP contribution in [-0.4, -0.2) is 11.6 Å². The van der Waals surface area contributed by atoms with Crippen molar-refractivity contribution in [1.29, 1.82) is 0 Å². The molecular weight excluding hydrogens is 224 g/mol. The zero-order valence-corrected chi connectivity index (χ0v) is 11.1. The summed E-state index contributed by atoms with van der Waals surface area (Å²) in [6, 6.07) is 7.57. The molecule has 1 fully saturated rings. The van der Waals surface area contributed by atoms with Crippen LogP contribution in [0.5, 0.6) is 0 Å². The third kappa shape index (κ3) is 2.78. The summed E-state index contributed by atoms with van der Waals surface area (Å²) >= 11 is 0. The highest BCUT2D eigenvalue weighted by atomic mass is 16.2. The Kier molecular flexibility index (Phi) is 4.13. The van der Waals surface area contributed by atoms with Crippen LogP contribution in [0, 0.1) is 12.8 Å². The van der Waals surface area contributed by atoms with Gasteiger partial charge in [0.2, 0.25) is 0 Å². The van der Waals surface area contributed by atoms with Crippen molar-refractivity contribution in [2.75, 3.05) is 0 Å². The molecule has 0 bridgehead atoms. The molecule has 0 radical (unpaired) electrons. The first-order chi connectivity index (χ1) is 8.72. The number of hydrogen-bond donors (Lipinski definition) is 1. The van der Waals surface area contributed by atoms with Crippen LogP contribution < -0.4 is 5.43 Å². The third-order valence-electron chi connectivity index (χ3n) is 3.64. The van der Waals surface area contributed by atoms with Crippen molar-refractivity contribution >= 4 is 11.6 Å². The minimum atomic E-state index is -0.109. The maximum atomic E-state index is 12.0. The van der Waals surface area contributed by atoms with E-state index < -0.39 is 0 Å². The van der Waals surface area contributed by atoms with E-state index in [0.29, 0.717) is 11.5 Å². The fourth-order valence-electron chi connectivity index (χ4n) is 2.50. The molecule has 0 aromatic heterocycles. The molecule has 1 aliphatic rings. The number of amides is 1. The summed E-state index contributed by atoms with van der Waals surface area (Å²) in [5, 5.41) is 4.31. The Bertz CT molecular complexity index is 465. The Morgan fingerprint density at radius 3 is 2.94 bits per heavy atom. The highest BCUT2D eigenvalue weighted by Gasteiger charge is 2.21. The van der Waals surface area contributed by atoms with Crippen molar-refractivity contribution in [2.24, 2.45) is 11.0 Å². The predicted octanol–water partition coefficient (Wildman–Crippen LogP) is 3.29. The van der Waals surface area contributed by atoms with Gasteiger partial charge in [0.25, 0.3) is 5.91 Å². The molecule has 0 spiro atoms. The van der Waals surface area contributed by atoms with Crippen LogP contribution in [0.25, 0.3) is 0 Å². The number of hydrogen-bond acceptors (Lipinski definition) is 2. The minimum Gasteiger partial charge on any atom is -0.267 e. The van der Waals surface area contributed by atoms with E-state index in [4.69, 9.17) is 0 Å². The van der Waals surface area contributed by atoms with E-state index in [1.807, 2.05) is 31.2 Å². The maximum Gasteiger partial charge on any atom is 0.271 e. The van der Waals surface area contributed by atoms with E-state index in [-0.39, 0.29) is 5.91 Å². The zero-order chi connectivity index (χ0) is 13.0. The van der Waals surface area contributed by atoms with E-state index in [1.54, 1.807) is 0 Å². The lowest BCUT2D eigenvalue weighted by molar-refractivity contribution is 0.0954. The molecular formula is C15H20N2O. The van der Waals surface area contributed by atoms with Crippen molar-refractivity contribution in [3.8, 4) is 0 Å². The summed E-state index contributed by atoms with van der Waals surface area (Å²) in [5.74, 6) is 0.449. The Hall–Kier alpha value is -1.64. The van der Waals surface area contributed by atoms with Crippen LogP contribution >= 0.6 is 0 Å². The van der Waals surface area contributed by atoms with Crippen LogP contribution in [0.1, 0.15) is 48.5 Å². The van der Waals surface area contributed by atoms with E-state index in [1.165, 1.54) is 12.8 Å². The molecule has 18 heavy (non-hydrogen) atoms. The van der Waals surface area contributed by atoms with Gasteiger partial charge in [0.1, 0.15) is 0 Å². The lowest BCUT2D eigenvalue weighted by atomic mass is 10.0. The molecule has 3 heteroatoms. The molecule has 1 aromatic carbocycles. The van der Waals surface area contributed by atoms with Gasteiger partial charge >= 0.3 is 0 Å². The number of carbonyl (C=O) groups is 1. The first-order valence-electron chi connectivity index (χ1n) is 6.64. The van der Waals surface area contributed by atoms with Gasteiger partial charge in [-0.25, -0.2) is 5.43 Å². The Morgan fingerprint density at radius 2 is 2.22 bits per heavy atom. The summed E-state index contributed by atoms with van der Waals surface area (Å²) < 4.78 is 0. The first-order valence-corrected chi connectivity index (χ1v) is 6.64. The average Bonchev–Trinajstić information content (AvgIpc) is 2.84. The van der Waals surface area contributed by atoms with Gasteiger partial charge in [-0.15, -0.1) is 0 Å². The molecule has 1 atom stereocenters. The number of aryl methyl sites for hydroxylation is 1. The molecule has 0 unspecified atom stereocenters. The highest BCUT2D eigenvalue weighted by Crippen LogP contribution is 2.24. The fraction of sp³-hybridized carbons (Fsp3) is 0.467. The lowest BCUT2D eigenvalue weighted by Crippen LogP contribution is -2.21. The van der Waals surface area contributed by atoms with E-state index >= 15 is 0 Å². The molecule has 96 valence electrons. The van der Waals surface area contributed by atoms with E-state index in [0.717, 1.165) is 24.1 Å². The van der Waals surface area contributed by atoms with Gasteiger partial charge < -0.3 is 0 Å². The van der Waals surface area contributed by atoms with Gasteiger partial charge in [-0.1, -0.05) is 25.1 Å². The quantitative estimate of drug-likeness (QED) is 0.814. The normalized spacial score (nSPS) is 21.2. The molecule has 0 heterocycles. The summed E-state index contributed by atoms with van der Waals surface area (Å²) in [5.41, 5.74) is 5.53. The number of hydrazone groups is 1. The minimum absolute atomic E-state index is 0.109. The van der Waals surface area contributed by atoms with Crippen LogP contribution in [0.15, 0.2) is 29.4 Å². The molecule has 1 saturated carbocycles. The summed E-state index contributed by atoms with van der Waals surface area (Å²) in [6.07, 6.45) is 4.53. The predicted molar refractivity (Wildman–Crippen MR) is 73.7 cm³/mol. The van der Waals surface area contributed by atoms with E-state index in [9.17, 15) is 4.79 Å². The van der Waals surface area contributed by atoms with Crippen LogP contribution in [0.4, 0.5) is 0 Å². The molecule has 1 N–H and O–H groups in total. The monoisotopic (exact) mass is 244 g/mol. The van der Waals surface area contributed by atoms with Gasteiger partial charge in [-0.2, -0.15) is 5.10 Å². The molecule has 3 nitrogen and oxygen atoms in total. The van der Waals surface area contributed by atoms with Crippen LogP contribution in [0.2, 0.25) is 0 Å². The number of nitrogens with one attached hydrogen (secondary N) is 1. The average molecular weight is 244 g/mol. The number of nitrogens with zero attached hydrogens (tertiary/aromatic N) is 1. The van der Waals surface area contributed by atoms with Crippen molar-refractivity contribution in [3.05, 3.63) is 35.4 Å². The lowest BCUT2D eigenvalue weighted by Gasteiger charge is -2.08. The second kappa shape index (κ2) is 5.80. The third-order valence-corrected chi connectivity index (χ3v) is 3.64. The summed E-state index contributed by atoms with van der Waals surface area (Å²) in [7, 11) is 0.